The van der Waals surface area contributed by atoms with E-state index in [0.29, 0.717) is 0 Å². The summed E-state index contributed by atoms with van der Waals surface area (Å²) in [5, 5.41) is 14.6. The Morgan fingerprint density at radius 3 is 2.31 bits per heavy atom. The highest BCUT2D eigenvalue weighted by molar-refractivity contribution is 9.10. The summed E-state index contributed by atoms with van der Waals surface area (Å²) >= 11 is 5.05. The third kappa shape index (κ3) is 2.08. The zero-order valence-electron chi connectivity index (χ0n) is 9.20. The van der Waals surface area contributed by atoms with Crippen molar-refractivity contribution >= 4 is 27.3 Å². The van der Waals surface area contributed by atoms with Crippen LogP contribution in [0.15, 0.2) is 39.5 Å². The summed E-state index contributed by atoms with van der Waals surface area (Å²) in [7, 11) is 0. The van der Waals surface area contributed by atoms with Crippen LogP contribution in [0.4, 0.5) is 0 Å². The van der Waals surface area contributed by atoms with E-state index in [-0.39, 0.29) is 0 Å². The second kappa shape index (κ2) is 4.32. The van der Waals surface area contributed by atoms with Gasteiger partial charge in [-0.1, -0.05) is 29.8 Å². The maximum atomic E-state index is 10.6. The zero-order chi connectivity index (χ0) is 11.8. The second-order valence-electron chi connectivity index (χ2n) is 4.07. The second-order valence-corrected chi connectivity index (χ2v) is 5.67. The van der Waals surface area contributed by atoms with Gasteiger partial charge in [-0.25, -0.2) is 0 Å². The molecule has 0 bridgehead atoms. The van der Waals surface area contributed by atoms with E-state index < -0.39 is 5.60 Å². The topological polar surface area (TPSA) is 20.2 Å². The van der Waals surface area contributed by atoms with E-state index in [1.54, 1.807) is 11.3 Å². The number of benzene rings is 1. The van der Waals surface area contributed by atoms with E-state index in [1.807, 2.05) is 48.9 Å². The molecule has 0 aliphatic heterocycles. The molecule has 0 saturated carbocycles. The van der Waals surface area contributed by atoms with Crippen LogP contribution in [0, 0.1) is 6.92 Å². The van der Waals surface area contributed by atoms with Crippen LogP contribution >= 0.6 is 27.3 Å². The average Bonchev–Trinajstić information content (AvgIpc) is 2.66. The summed E-state index contributed by atoms with van der Waals surface area (Å²) in [4.78, 5) is 0. The van der Waals surface area contributed by atoms with Crippen molar-refractivity contribution in [1.29, 1.82) is 0 Å². The van der Waals surface area contributed by atoms with Gasteiger partial charge in [0, 0.05) is 15.4 Å². The molecule has 2 aromatic rings. The minimum absolute atomic E-state index is 0.914. The highest BCUT2D eigenvalue weighted by atomic mass is 79.9. The van der Waals surface area contributed by atoms with Crippen molar-refractivity contribution in [2.45, 2.75) is 19.4 Å². The Morgan fingerprint density at radius 2 is 1.81 bits per heavy atom. The molecule has 16 heavy (non-hydrogen) atoms. The fourth-order valence-corrected chi connectivity index (χ4v) is 3.45. The molecule has 3 heteroatoms. The van der Waals surface area contributed by atoms with Gasteiger partial charge in [-0.15, -0.1) is 0 Å². The number of hydrogen-bond donors (Lipinski definition) is 1. The Bertz CT molecular complexity index is 485. The molecule has 1 N–H and O–H groups in total. The molecule has 0 fully saturated rings. The van der Waals surface area contributed by atoms with Crippen LogP contribution in [-0.2, 0) is 5.60 Å². The van der Waals surface area contributed by atoms with Crippen molar-refractivity contribution in [3.8, 4) is 0 Å². The minimum Gasteiger partial charge on any atom is -0.381 e. The van der Waals surface area contributed by atoms with Gasteiger partial charge in [0.05, 0.1) is 0 Å². The number of halogens is 1. The predicted molar refractivity (Wildman–Crippen MR) is 71.9 cm³/mol. The summed E-state index contributed by atoms with van der Waals surface area (Å²) in [6.07, 6.45) is 0. The molecule has 1 atom stereocenters. The van der Waals surface area contributed by atoms with E-state index in [0.717, 1.165) is 15.6 Å². The third-order valence-corrected chi connectivity index (χ3v) is 4.46. The summed E-state index contributed by atoms with van der Waals surface area (Å²) in [6.45, 7) is 3.86. The molecule has 84 valence electrons. The summed E-state index contributed by atoms with van der Waals surface area (Å²) in [5.41, 5.74) is 2.09. The lowest BCUT2D eigenvalue weighted by atomic mass is 9.90. The number of hydrogen-bond acceptors (Lipinski definition) is 2. The smallest absolute Gasteiger partial charge is 0.114 e. The maximum absolute atomic E-state index is 10.6. The van der Waals surface area contributed by atoms with Gasteiger partial charge in [0.15, 0.2) is 0 Å². The van der Waals surface area contributed by atoms with Crippen molar-refractivity contribution in [1.82, 2.24) is 0 Å². The summed E-state index contributed by atoms with van der Waals surface area (Å²) in [5.74, 6) is 0. The number of rotatable bonds is 2. The largest absolute Gasteiger partial charge is 0.381 e. The van der Waals surface area contributed by atoms with Crippen LogP contribution in [0.3, 0.4) is 0 Å². The standard InChI is InChI=1S/C13H13BrOS/c1-9-3-5-10(6-4-9)13(2,15)11-7-16-8-12(11)14/h3-8,15H,1-2H3. The first-order valence-electron chi connectivity index (χ1n) is 5.03. The van der Waals surface area contributed by atoms with Gasteiger partial charge >= 0.3 is 0 Å². The van der Waals surface area contributed by atoms with Gasteiger partial charge in [0.1, 0.15) is 5.60 Å². The van der Waals surface area contributed by atoms with Crippen LogP contribution in [0.25, 0.3) is 0 Å². The fraction of sp³-hybridized carbons (Fsp3) is 0.231. The van der Waals surface area contributed by atoms with Crippen molar-refractivity contribution in [2.24, 2.45) is 0 Å². The van der Waals surface area contributed by atoms with Crippen molar-refractivity contribution < 1.29 is 5.11 Å². The molecule has 2 rings (SSSR count). The molecule has 0 spiro atoms. The molecule has 1 nitrogen and oxygen atoms in total. The lowest BCUT2D eigenvalue weighted by Crippen LogP contribution is -2.22. The van der Waals surface area contributed by atoms with Crippen LogP contribution in [0.5, 0.6) is 0 Å². The number of aliphatic hydroxyl groups is 1. The molecular formula is C13H13BrOS. The Balaban J connectivity index is 2.46. The first-order valence-corrected chi connectivity index (χ1v) is 6.77. The average molecular weight is 297 g/mol. The molecular weight excluding hydrogens is 284 g/mol. The predicted octanol–water partition coefficient (Wildman–Crippen LogP) is 4.07. The first-order chi connectivity index (χ1) is 7.51. The monoisotopic (exact) mass is 296 g/mol. The Kier molecular flexibility index (Phi) is 3.19. The quantitative estimate of drug-likeness (QED) is 0.885. The zero-order valence-corrected chi connectivity index (χ0v) is 11.6. The fourth-order valence-electron chi connectivity index (χ4n) is 1.66. The Hall–Kier alpha value is -0.640. The molecule has 0 amide bonds. The van der Waals surface area contributed by atoms with E-state index in [4.69, 9.17) is 0 Å². The van der Waals surface area contributed by atoms with E-state index in [1.165, 1.54) is 5.56 Å². The van der Waals surface area contributed by atoms with Gasteiger partial charge < -0.3 is 5.11 Å². The molecule has 1 unspecified atom stereocenters. The molecule has 1 heterocycles. The van der Waals surface area contributed by atoms with E-state index in [2.05, 4.69) is 15.9 Å². The van der Waals surface area contributed by atoms with Gasteiger partial charge in [0.25, 0.3) is 0 Å². The molecule has 0 radical (unpaired) electrons. The lowest BCUT2D eigenvalue weighted by molar-refractivity contribution is 0.102. The van der Waals surface area contributed by atoms with Gasteiger partial charge in [-0.3, -0.25) is 0 Å². The summed E-state index contributed by atoms with van der Waals surface area (Å²) < 4.78 is 0.961. The Morgan fingerprint density at radius 1 is 1.19 bits per heavy atom. The van der Waals surface area contributed by atoms with Gasteiger partial charge in [-0.05, 0) is 40.7 Å². The van der Waals surface area contributed by atoms with Crippen LogP contribution < -0.4 is 0 Å². The number of thiophene rings is 1. The lowest BCUT2D eigenvalue weighted by Gasteiger charge is -2.24. The van der Waals surface area contributed by atoms with Crippen LogP contribution in [0.2, 0.25) is 0 Å². The molecule has 0 aliphatic rings. The summed E-state index contributed by atoms with van der Waals surface area (Å²) in [6, 6.07) is 7.98. The Labute approximate surface area is 108 Å². The van der Waals surface area contributed by atoms with Crippen molar-refractivity contribution in [3.63, 3.8) is 0 Å². The molecule has 0 saturated heterocycles. The van der Waals surface area contributed by atoms with E-state index in [9.17, 15) is 5.11 Å². The number of aryl methyl sites for hydroxylation is 1. The minimum atomic E-state index is -0.938. The van der Waals surface area contributed by atoms with Crippen LogP contribution in [0.1, 0.15) is 23.6 Å². The highest BCUT2D eigenvalue weighted by Gasteiger charge is 2.28. The molecule has 1 aromatic carbocycles. The SMILES string of the molecule is Cc1ccc(C(C)(O)c2cscc2Br)cc1. The van der Waals surface area contributed by atoms with Gasteiger partial charge in [-0.2, -0.15) is 11.3 Å². The molecule has 0 aliphatic carbocycles. The molecule has 1 aromatic heterocycles. The van der Waals surface area contributed by atoms with Crippen molar-refractivity contribution in [3.05, 3.63) is 56.2 Å². The van der Waals surface area contributed by atoms with Crippen molar-refractivity contribution in [2.75, 3.05) is 0 Å². The maximum Gasteiger partial charge on any atom is 0.114 e. The van der Waals surface area contributed by atoms with Crippen LogP contribution in [-0.4, -0.2) is 5.11 Å². The first kappa shape index (κ1) is 11.8. The third-order valence-electron chi connectivity index (χ3n) is 2.75. The van der Waals surface area contributed by atoms with E-state index >= 15 is 0 Å². The normalized spacial score (nSPS) is 14.8. The highest BCUT2D eigenvalue weighted by Crippen LogP contribution is 2.36. The van der Waals surface area contributed by atoms with Gasteiger partial charge in [0.2, 0.25) is 0 Å².